The first-order valence-corrected chi connectivity index (χ1v) is 13.2. The summed E-state index contributed by atoms with van der Waals surface area (Å²) in [5.41, 5.74) is 0.932. The van der Waals surface area contributed by atoms with Gasteiger partial charge in [-0.05, 0) is 38.2 Å². The minimum absolute atomic E-state index is 0.0699. The fourth-order valence-corrected chi connectivity index (χ4v) is 4.84. The maximum absolute atomic E-state index is 13.3. The van der Waals surface area contributed by atoms with Crippen LogP contribution < -0.4 is 5.32 Å². The first-order valence-electron chi connectivity index (χ1n) is 13.2. The van der Waals surface area contributed by atoms with Gasteiger partial charge in [-0.1, -0.05) is 38.2 Å². The third kappa shape index (κ3) is 8.33. The zero-order chi connectivity index (χ0) is 30.1. The van der Waals surface area contributed by atoms with Gasteiger partial charge < -0.3 is 29.4 Å². The van der Waals surface area contributed by atoms with Crippen molar-refractivity contribution < 1.29 is 43.2 Å². The summed E-state index contributed by atoms with van der Waals surface area (Å²) in [5.74, 6) is -2.78. The Kier molecular flexibility index (Phi) is 12.2. The van der Waals surface area contributed by atoms with Crippen molar-refractivity contribution in [3.8, 4) is 0 Å². The van der Waals surface area contributed by atoms with Crippen LogP contribution in [0.4, 0.5) is 0 Å². The number of aliphatic hydroxyl groups excluding tert-OH is 1. The molecule has 0 spiro atoms. The topological polar surface area (TPSA) is 137 Å². The molecule has 1 heterocycles. The van der Waals surface area contributed by atoms with Crippen molar-refractivity contribution in [3.05, 3.63) is 58.6 Å². The van der Waals surface area contributed by atoms with Gasteiger partial charge in [0.05, 0.1) is 25.0 Å². The van der Waals surface area contributed by atoms with Gasteiger partial charge in [0, 0.05) is 44.3 Å². The van der Waals surface area contributed by atoms with Gasteiger partial charge in [0.2, 0.25) is 11.6 Å². The van der Waals surface area contributed by atoms with E-state index in [0.717, 1.165) is 6.08 Å². The molecule has 220 valence electrons. The zero-order valence-corrected chi connectivity index (χ0v) is 24.5. The monoisotopic (exact) mass is 559 g/mol. The van der Waals surface area contributed by atoms with Crippen LogP contribution in [0.15, 0.2) is 58.6 Å². The summed E-state index contributed by atoms with van der Waals surface area (Å²) in [6, 6.07) is 0. The summed E-state index contributed by atoms with van der Waals surface area (Å²) in [4.78, 5) is 50.9. The lowest BCUT2D eigenvalue weighted by Gasteiger charge is -2.30. The second kappa shape index (κ2) is 14.9. The number of amides is 1. The molecule has 2 N–H and O–H groups in total. The highest BCUT2D eigenvalue weighted by atomic mass is 16.6. The molecule has 2 rings (SSSR count). The fraction of sp³-hybridized carbons (Fsp3) is 0.533. The molecular weight excluding hydrogens is 518 g/mol. The van der Waals surface area contributed by atoms with Crippen molar-refractivity contribution in [1.82, 2.24) is 5.32 Å². The van der Waals surface area contributed by atoms with Crippen molar-refractivity contribution in [2.24, 2.45) is 11.8 Å². The number of Topliss-reactive ketones (excluding diaryl/α,β-unsaturated/α-hetero) is 1. The molecule has 0 fully saturated rings. The van der Waals surface area contributed by atoms with Crippen LogP contribution in [0.5, 0.6) is 0 Å². The molecular formula is C30H41NO9. The van der Waals surface area contributed by atoms with E-state index in [1.165, 1.54) is 34.3 Å². The molecule has 0 aromatic carbocycles. The highest BCUT2D eigenvalue weighted by Crippen LogP contribution is 2.29. The van der Waals surface area contributed by atoms with Crippen molar-refractivity contribution in [1.29, 1.82) is 0 Å². The van der Waals surface area contributed by atoms with Gasteiger partial charge in [-0.2, -0.15) is 0 Å². The fourth-order valence-electron chi connectivity index (χ4n) is 4.84. The van der Waals surface area contributed by atoms with E-state index in [0.29, 0.717) is 12.0 Å². The number of rotatable bonds is 4. The van der Waals surface area contributed by atoms with E-state index in [1.54, 1.807) is 26.0 Å². The molecule has 0 unspecified atom stereocenters. The summed E-state index contributed by atoms with van der Waals surface area (Å²) >= 11 is 0. The molecule has 0 radical (unpaired) electrons. The van der Waals surface area contributed by atoms with Gasteiger partial charge in [-0.15, -0.1) is 0 Å². The zero-order valence-electron chi connectivity index (χ0n) is 24.5. The SMILES string of the molecule is COC1=C2C[C@@H](C)C[C@H](OC)[C@H](O)[C@@H](C)/C=C(\C)[C@H](OC(C)=O)[C@@H](OC)/C=C/C=C(\C)C(=O)NC(=CC1=O)C2=O. The summed E-state index contributed by atoms with van der Waals surface area (Å²) in [5, 5.41) is 13.7. The molecule has 0 saturated carbocycles. The van der Waals surface area contributed by atoms with Crippen molar-refractivity contribution in [2.45, 2.75) is 71.9 Å². The Balaban J connectivity index is 2.60. The summed E-state index contributed by atoms with van der Waals surface area (Å²) < 4.78 is 22.0. The molecule has 0 aromatic heterocycles. The van der Waals surface area contributed by atoms with Gasteiger partial charge in [-0.3, -0.25) is 19.2 Å². The lowest BCUT2D eigenvalue weighted by Crippen LogP contribution is -2.36. The molecule has 2 bridgehead atoms. The Morgan fingerprint density at radius 3 is 2.33 bits per heavy atom. The smallest absolute Gasteiger partial charge is 0.303 e. The van der Waals surface area contributed by atoms with Crippen LogP contribution in [0.25, 0.3) is 0 Å². The number of carbonyl (C=O) groups excluding carboxylic acids is 4. The van der Waals surface area contributed by atoms with E-state index in [1.807, 2.05) is 19.9 Å². The highest BCUT2D eigenvalue weighted by Gasteiger charge is 2.34. The molecule has 1 amide bonds. The average Bonchev–Trinajstić information content (AvgIpc) is 2.90. The summed E-state index contributed by atoms with van der Waals surface area (Å²) in [6.45, 7) is 8.34. The van der Waals surface area contributed by atoms with Gasteiger partial charge in [0.15, 0.2) is 11.9 Å². The van der Waals surface area contributed by atoms with Gasteiger partial charge in [0.1, 0.15) is 6.10 Å². The van der Waals surface area contributed by atoms with Gasteiger partial charge >= 0.3 is 5.97 Å². The maximum atomic E-state index is 13.3. The van der Waals surface area contributed by atoms with Crippen molar-refractivity contribution in [3.63, 3.8) is 0 Å². The third-order valence-electron chi connectivity index (χ3n) is 7.00. The number of carbonyl (C=O) groups is 4. The summed E-state index contributed by atoms with van der Waals surface area (Å²) in [6.07, 6.45) is 5.11. The Morgan fingerprint density at radius 2 is 1.75 bits per heavy atom. The maximum Gasteiger partial charge on any atom is 0.303 e. The molecule has 40 heavy (non-hydrogen) atoms. The van der Waals surface area contributed by atoms with Crippen LogP contribution in [-0.2, 0) is 38.1 Å². The lowest BCUT2D eigenvalue weighted by molar-refractivity contribution is -0.149. The molecule has 10 nitrogen and oxygen atoms in total. The second-order valence-electron chi connectivity index (χ2n) is 10.3. The standard InChI is InChI=1S/C30H41NO9/c1-16-12-21-27(35)22(15-23(33)29(21)39-8)31-30(36)17(2)10-9-11-24(37-6)28(40-20(5)32)19(4)14-18(3)26(34)25(13-16)38-7/h9-11,14-16,18,24-26,28,34H,12-13H2,1-8H3,(H,31,36)/b11-9+,17-10+,19-14+/t16-,18+,24+,25+,26-,28+/m1/s1. The molecule has 0 aromatic rings. The molecule has 2 aliphatic rings. The lowest BCUT2D eigenvalue weighted by atomic mass is 9.85. The molecule has 1 aliphatic heterocycles. The van der Waals surface area contributed by atoms with E-state index in [4.69, 9.17) is 18.9 Å². The predicted octanol–water partition coefficient (Wildman–Crippen LogP) is 2.88. The highest BCUT2D eigenvalue weighted by molar-refractivity contribution is 6.23. The van der Waals surface area contributed by atoms with Crippen molar-refractivity contribution >= 4 is 23.4 Å². The number of aliphatic hydroxyl groups is 1. The first kappa shape index (κ1) is 32.9. The van der Waals surface area contributed by atoms with Gasteiger partial charge in [0.25, 0.3) is 5.91 Å². The molecule has 1 aliphatic carbocycles. The number of esters is 1. The minimum atomic E-state index is -0.932. The predicted molar refractivity (Wildman–Crippen MR) is 148 cm³/mol. The first-order chi connectivity index (χ1) is 18.8. The molecule has 0 saturated heterocycles. The average molecular weight is 560 g/mol. The van der Waals surface area contributed by atoms with E-state index in [-0.39, 0.29) is 34.9 Å². The number of ether oxygens (including phenoxy) is 4. The van der Waals surface area contributed by atoms with E-state index in [9.17, 15) is 24.3 Å². The number of hydrogen-bond donors (Lipinski definition) is 2. The third-order valence-corrected chi connectivity index (χ3v) is 7.00. The quantitative estimate of drug-likeness (QED) is 0.303. The number of nitrogens with one attached hydrogen (secondary N) is 1. The molecule has 10 heteroatoms. The van der Waals surface area contributed by atoms with E-state index in [2.05, 4.69) is 5.32 Å². The Bertz CT molecular complexity index is 1140. The molecule has 6 atom stereocenters. The number of methoxy groups -OCH3 is 3. The summed E-state index contributed by atoms with van der Waals surface area (Å²) in [7, 11) is 4.28. The van der Waals surface area contributed by atoms with Crippen LogP contribution in [0.1, 0.15) is 47.5 Å². The Morgan fingerprint density at radius 1 is 1.07 bits per heavy atom. The van der Waals surface area contributed by atoms with E-state index >= 15 is 0 Å². The van der Waals surface area contributed by atoms with Crippen LogP contribution in [-0.4, -0.2) is 74.3 Å². The Hall–Kier alpha value is -3.34. The normalized spacial score (nSPS) is 32.7. The van der Waals surface area contributed by atoms with Crippen molar-refractivity contribution in [2.75, 3.05) is 21.3 Å². The van der Waals surface area contributed by atoms with Gasteiger partial charge in [-0.25, -0.2) is 0 Å². The Labute approximate surface area is 235 Å². The number of hydrogen-bond acceptors (Lipinski definition) is 9. The minimum Gasteiger partial charge on any atom is -0.492 e. The number of ketones is 2. The second-order valence-corrected chi connectivity index (χ2v) is 10.3. The largest absolute Gasteiger partial charge is 0.492 e. The number of allylic oxidation sites excluding steroid dienone is 4. The van der Waals surface area contributed by atoms with Crippen LogP contribution >= 0.6 is 0 Å². The van der Waals surface area contributed by atoms with Crippen LogP contribution in [0.2, 0.25) is 0 Å². The number of fused-ring (bicyclic) bond motifs is 2. The van der Waals surface area contributed by atoms with Crippen LogP contribution in [0.3, 0.4) is 0 Å². The van der Waals surface area contributed by atoms with Crippen LogP contribution in [0, 0.1) is 11.8 Å². The van der Waals surface area contributed by atoms with E-state index < -0.39 is 53.8 Å².